The van der Waals surface area contributed by atoms with Gasteiger partial charge in [-0.25, -0.2) is 0 Å². The molecular weight excluding hydrogens is 282 g/mol. The zero-order valence-corrected chi connectivity index (χ0v) is 11.5. The number of hydrogen-bond donors (Lipinski definition) is 2. The normalized spacial score (nSPS) is 32.9. The average molecular weight is 300 g/mol. The predicted molar refractivity (Wildman–Crippen MR) is 70.6 cm³/mol. The molecule has 0 amide bonds. The molecule has 3 atom stereocenters. The van der Waals surface area contributed by atoms with Gasteiger partial charge >= 0.3 is 0 Å². The fourth-order valence-corrected chi connectivity index (χ4v) is 3.10. The molecule has 3 unspecified atom stereocenters. The Morgan fingerprint density at radius 2 is 2.35 bits per heavy atom. The number of rotatable bonds is 3. The van der Waals surface area contributed by atoms with Crippen LogP contribution in [0.1, 0.15) is 18.4 Å². The first-order valence-corrected chi connectivity index (χ1v) is 6.58. The SMILES string of the molecule is COC1CC(CO)C(N)(c2cccc(Br)c2)C1. The highest BCUT2D eigenvalue weighted by Gasteiger charge is 2.45. The number of aliphatic hydroxyl groups excluding tert-OH is 1. The van der Waals surface area contributed by atoms with E-state index in [9.17, 15) is 5.11 Å². The monoisotopic (exact) mass is 299 g/mol. The van der Waals surface area contributed by atoms with Crippen molar-refractivity contribution in [3.05, 3.63) is 34.3 Å². The quantitative estimate of drug-likeness (QED) is 0.898. The lowest BCUT2D eigenvalue weighted by molar-refractivity contribution is 0.0996. The van der Waals surface area contributed by atoms with Crippen LogP contribution in [-0.2, 0) is 10.3 Å². The lowest BCUT2D eigenvalue weighted by Crippen LogP contribution is -2.42. The van der Waals surface area contributed by atoms with Gasteiger partial charge in [-0.2, -0.15) is 0 Å². The average Bonchev–Trinajstić information content (AvgIpc) is 2.67. The minimum atomic E-state index is -0.487. The highest BCUT2D eigenvalue weighted by molar-refractivity contribution is 9.10. The van der Waals surface area contributed by atoms with Gasteiger partial charge in [0.15, 0.2) is 0 Å². The molecule has 3 N–H and O–H groups in total. The van der Waals surface area contributed by atoms with Gasteiger partial charge in [-0.15, -0.1) is 0 Å². The molecule has 3 nitrogen and oxygen atoms in total. The second-order valence-corrected chi connectivity index (χ2v) is 5.64. The van der Waals surface area contributed by atoms with Gasteiger partial charge in [-0.1, -0.05) is 28.1 Å². The molecule has 0 radical (unpaired) electrons. The molecule has 0 bridgehead atoms. The fraction of sp³-hybridized carbons (Fsp3) is 0.538. The van der Waals surface area contributed by atoms with Crippen LogP contribution in [0.4, 0.5) is 0 Å². The lowest BCUT2D eigenvalue weighted by atomic mass is 9.82. The van der Waals surface area contributed by atoms with Crippen molar-refractivity contribution < 1.29 is 9.84 Å². The smallest absolute Gasteiger partial charge is 0.0596 e. The summed E-state index contributed by atoms with van der Waals surface area (Å²) >= 11 is 3.46. The second-order valence-electron chi connectivity index (χ2n) is 4.73. The number of benzene rings is 1. The van der Waals surface area contributed by atoms with E-state index in [1.54, 1.807) is 7.11 Å². The van der Waals surface area contributed by atoms with Gasteiger partial charge in [0, 0.05) is 29.6 Å². The molecule has 1 fully saturated rings. The van der Waals surface area contributed by atoms with E-state index in [1.165, 1.54) is 0 Å². The standard InChI is InChI=1S/C13H18BrNO2/c1-17-12-6-10(8-16)13(15,7-12)9-3-2-4-11(14)5-9/h2-5,10,12,16H,6-8,15H2,1H3. The Morgan fingerprint density at radius 3 is 2.94 bits per heavy atom. The van der Waals surface area contributed by atoms with Crippen LogP contribution >= 0.6 is 15.9 Å². The molecule has 1 aromatic rings. The van der Waals surface area contributed by atoms with Crippen molar-refractivity contribution in [2.45, 2.75) is 24.5 Å². The van der Waals surface area contributed by atoms with Gasteiger partial charge in [0.05, 0.1) is 6.10 Å². The Hall–Kier alpha value is -0.420. The molecule has 0 aromatic heterocycles. The third-order valence-electron chi connectivity index (χ3n) is 3.76. The predicted octanol–water partition coefficient (Wildman–Crippen LogP) is 2.02. The number of hydrogen-bond acceptors (Lipinski definition) is 3. The molecular formula is C13H18BrNO2. The Kier molecular flexibility index (Phi) is 3.88. The van der Waals surface area contributed by atoms with Gasteiger partial charge in [0.2, 0.25) is 0 Å². The fourth-order valence-electron chi connectivity index (χ4n) is 2.70. The van der Waals surface area contributed by atoms with Gasteiger partial charge in [-0.05, 0) is 30.5 Å². The molecule has 1 aromatic carbocycles. The Bertz CT molecular complexity index is 399. The molecule has 0 saturated heterocycles. The summed E-state index contributed by atoms with van der Waals surface area (Å²) in [5, 5.41) is 9.50. The molecule has 2 rings (SSSR count). The van der Waals surface area contributed by atoms with Crippen LogP contribution in [0.2, 0.25) is 0 Å². The maximum absolute atomic E-state index is 9.50. The van der Waals surface area contributed by atoms with Crippen molar-refractivity contribution in [2.24, 2.45) is 11.7 Å². The van der Waals surface area contributed by atoms with Crippen molar-refractivity contribution >= 4 is 15.9 Å². The summed E-state index contributed by atoms with van der Waals surface area (Å²) in [7, 11) is 1.70. The zero-order chi connectivity index (χ0) is 12.5. The number of ether oxygens (including phenoxy) is 1. The molecule has 0 aliphatic heterocycles. The first kappa shape index (κ1) is 13.0. The highest BCUT2D eigenvalue weighted by Crippen LogP contribution is 2.42. The molecule has 1 aliphatic rings. The Labute approximate surface area is 110 Å². The summed E-state index contributed by atoms with van der Waals surface area (Å²) in [6.45, 7) is 0.100. The Balaban J connectivity index is 2.34. The van der Waals surface area contributed by atoms with E-state index in [2.05, 4.69) is 15.9 Å². The lowest BCUT2D eigenvalue weighted by Gasteiger charge is -2.31. The third-order valence-corrected chi connectivity index (χ3v) is 4.25. The molecule has 1 saturated carbocycles. The van der Waals surface area contributed by atoms with Crippen molar-refractivity contribution in [3.8, 4) is 0 Å². The van der Waals surface area contributed by atoms with E-state index >= 15 is 0 Å². The van der Waals surface area contributed by atoms with Crippen molar-refractivity contribution in [2.75, 3.05) is 13.7 Å². The minimum Gasteiger partial charge on any atom is -0.396 e. The third kappa shape index (κ3) is 2.40. The van der Waals surface area contributed by atoms with Gasteiger partial charge in [0.25, 0.3) is 0 Å². The van der Waals surface area contributed by atoms with Crippen LogP contribution in [0, 0.1) is 5.92 Å². The largest absolute Gasteiger partial charge is 0.396 e. The van der Waals surface area contributed by atoms with Crippen LogP contribution in [0.5, 0.6) is 0 Å². The van der Waals surface area contributed by atoms with Crippen molar-refractivity contribution in [3.63, 3.8) is 0 Å². The molecule has 4 heteroatoms. The molecule has 17 heavy (non-hydrogen) atoms. The van der Waals surface area contributed by atoms with Crippen molar-refractivity contribution in [1.29, 1.82) is 0 Å². The summed E-state index contributed by atoms with van der Waals surface area (Å²) in [6.07, 6.45) is 1.71. The number of aliphatic hydroxyl groups is 1. The van der Waals surface area contributed by atoms with E-state index in [0.29, 0.717) is 0 Å². The summed E-state index contributed by atoms with van der Waals surface area (Å²) in [5.41, 5.74) is 7.08. The zero-order valence-electron chi connectivity index (χ0n) is 9.90. The topological polar surface area (TPSA) is 55.5 Å². The van der Waals surface area contributed by atoms with Crippen LogP contribution in [0.3, 0.4) is 0 Å². The van der Waals surface area contributed by atoms with E-state index in [0.717, 1.165) is 22.9 Å². The summed E-state index contributed by atoms with van der Waals surface area (Å²) in [6, 6.07) is 8.00. The van der Waals surface area contributed by atoms with Gasteiger partial charge in [0.1, 0.15) is 0 Å². The first-order chi connectivity index (χ1) is 8.10. The number of halogens is 1. The molecule has 0 heterocycles. The van der Waals surface area contributed by atoms with Crippen LogP contribution in [0.25, 0.3) is 0 Å². The first-order valence-electron chi connectivity index (χ1n) is 5.78. The van der Waals surface area contributed by atoms with E-state index in [1.807, 2.05) is 24.3 Å². The van der Waals surface area contributed by atoms with Crippen LogP contribution < -0.4 is 5.73 Å². The minimum absolute atomic E-state index is 0.0572. The van der Waals surface area contributed by atoms with Crippen molar-refractivity contribution in [1.82, 2.24) is 0 Å². The van der Waals surface area contributed by atoms with E-state index in [4.69, 9.17) is 10.5 Å². The summed E-state index contributed by atoms with van der Waals surface area (Å²) < 4.78 is 6.40. The van der Waals surface area contributed by atoms with Crippen LogP contribution in [0.15, 0.2) is 28.7 Å². The molecule has 94 valence electrons. The Morgan fingerprint density at radius 1 is 1.59 bits per heavy atom. The maximum atomic E-state index is 9.50. The summed E-state index contributed by atoms with van der Waals surface area (Å²) in [4.78, 5) is 0. The number of nitrogens with two attached hydrogens (primary N) is 1. The molecule has 1 aliphatic carbocycles. The van der Waals surface area contributed by atoms with Crippen LogP contribution in [-0.4, -0.2) is 24.9 Å². The number of methoxy groups -OCH3 is 1. The highest BCUT2D eigenvalue weighted by atomic mass is 79.9. The second kappa shape index (κ2) is 5.06. The van der Waals surface area contributed by atoms with E-state index in [-0.39, 0.29) is 18.6 Å². The summed E-state index contributed by atoms with van der Waals surface area (Å²) in [5.74, 6) is 0.0572. The van der Waals surface area contributed by atoms with Gasteiger partial charge < -0.3 is 15.6 Å². The molecule has 0 spiro atoms. The van der Waals surface area contributed by atoms with E-state index < -0.39 is 5.54 Å². The van der Waals surface area contributed by atoms with Gasteiger partial charge in [-0.3, -0.25) is 0 Å². The maximum Gasteiger partial charge on any atom is 0.0596 e.